The highest BCUT2D eigenvalue weighted by molar-refractivity contribution is 5.76. The molecule has 1 aliphatic rings. The van der Waals surface area contributed by atoms with Gasteiger partial charge in [-0.3, -0.25) is 4.79 Å². The molecule has 1 heterocycles. The molecule has 0 bridgehead atoms. The lowest BCUT2D eigenvalue weighted by molar-refractivity contribution is -0.302. The van der Waals surface area contributed by atoms with Crippen molar-refractivity contribution in [2.45, 2.75) is 320 Å². The smallest absolute Gasteiger partial charge is 0.220 e. The number of nitrogens with one attached hydrogen (secondary N) is 1. The first-order valence-electron chi connectivity index (χ1n) is 27.9. The van der Waals surface area contributed by atoms with E-state index in [0.29, 0.717) is 12.8 Å². The van der Waals surface area contributed by atoms with Crippen LogP contribution in [0.5, 0.6) is 0 Å². The number of carbonyl (C=O) groups excluding carboxylic acids is 1. The highest BCUT2D eigenvalue weighted by atomic mass is 16.7. The van der Waals surface area contributed by atoms with E-state index in [1.165, 1.54) is 212 Å². The van der Waals surface area contributed by atoms with Crippen molar-refractivity contribution in [2.75, 3.05) is 13.2 Å². The average molecular weight is 910 g/mol. The molecule has 1 rings (SSSR count). The van der Waals surface area contributed by atoms with Crippen molar-refractivity contribution in [2.24, 2.45) is 0 Å². The zero-order valence-corrected chi connectivity index (χ0v) is 42.1. The molecule has 1 aliphatic heterocycles. The summed E-state index contributed by atoms with van der Waals surface area (Å²) in [6, 6.07) is -0.716. The van der Waals surface area contributed by atoms with Gasteiger partial charge in [-0.05, 0) is 38.5 Å². The minimum Gasteiger partial charge on any atom is -0.394 e. The van der Waals surface area contributed by atoms with Crippen molar-refractivity contribution < 1.29 is 39.8 Å². The zero-order chi connectivity index (χ0) is 46.6. The summed E-state index contributed by atoms with van der Waals surface area (Å²) < 4.78 is 11.3. The normalized spacial score (nSPS) is 20.0. The number of hydrogen-bond acceptors (Lipinski definition) is 8. The van der Waals surface area contributed by atoms with Crippen LogP contribution in [0.4, 0.5) is 0 Å². The summed E-state index contributed by atoms with van der Waals surface area (Å²) in [5.74, 6) is -0.141. The number of carbonyl (C=O) groups is 1. The Balaban J connectivity index is 2.21. The molecule has 7 atom stereocenters. The molecule has 0 aromatic rings. The summed E-state index contributed by atoms with van der Waals surface area (Å²) in [6.07, 6.45) is 48.0. The Labute approximate surface area is 395 Å². The van der Waals surface area contributed by atoms with Crippen molar-refractivity contribution >= 4 is 5.91 Å². The van der Waals surface area contributed by atoms with Gasteiger partial charge in [0.15, 0.2) is 6.29 Å². The summed E-state index contributed by atoms with van der Waals surface area (Å²) in [5, 5.41) is 54.6. The maximum atomic E-state index is 13.1. The molecule has 1 saturated heterocycles. The Morgan fingerprint density at radius 1 is 0.516 bits per heavy atom. The van der Waals surface area contributed by atoms with Gasteiger partial charge >= 0.3 is 0 Å². The third-order valence-electron chi connectivity index (χ3n) is 13.6. The van der Waals surface area contributed by atoms with Crippen molar-refractivity contribution in [1.29, 1.82) is 0 Å². The second-order valence-corrected chi connectivity index (χ2v) is 19.7. The van der Waals surface area contributed by atoms with E-state index in [9.17, 15) is 30.3 Å². The molecular formula is C55H107NO8. The summed E-state index contributed by atoms with van der Waals surface area (Å²) in [7, 11) is 0. The first kappa shape index (κ1) is 60.9. The van der Waals surface area contributed by atoms with Crippen LogP contribution >= 0.6 is 0 Å². The highest BCUT2D eigenvalue weighted by Gasteiger charge is 2.44. The van der Waals surface area contributed by atoms with Crippen LogP contribution in [0.1, 0.15) is 277 Å². The third kappa shape index (κ3) is 35.1. The summed E-state index contributed by atoms with van der Waals surface area (Å²) in [5.41, 5.74) is 0. The molecule has 380 valence electrons. The highest BCUT2D eigenvalue weighted by Crippen LogP contribution is 2.23. The molecule has 1 fully saturated rings. The lowest BCUT2D eigenvalue weighted by Crippen LogP contribution is -2.60. The van der Waals surface area contributed by atoms with Gasteiger partial charge in [0.25, 0.3) is 0 Å². The Morgan fingerprint density at radius 2 is 0.875 bits per heavy atom. The maximum Gasteiger partial charge on any atom is 0.220 e. The standard InChI is InChI=1S/C55H107NO8/c1-3-5-7-9-11-13-15-17-19-21-23-24-25-26-27-29-31-33-35-37-39-41-43-45-51(59)56-48(47-63-55-54(62)53(61)52(60)50(46-57)64-55)49(58)44-42-40-38-36-34-32-30-28-22-20-18-16-14-12-10-8-6-4-2/h21,23,48-50,52-55,57-58,60-62H,3-20,22,24-47H2,1-2H3,(H,56,59)/b23-21-. The second kappa shape index (κ2) is 45.7. The average Bonchev–Trinajstić information content (AvgIpc) is 3.29. The number of aliphatic hydroxyl groups is 5. The molecule has 0 saturated carbocycles. The number of amides is 1. The fourth-order valence-electron chi connectivity index (χ4n) is 9.16. The van der Waals surface area contributed by atoms with Gasteiger partial charge in [-0.15, -0.1) is 0 Å². The summed E-state index contributed by atoms with van der Waals surface area (Å²) >= 11 is 0. The van der Waals surface area contributed by atoms with E-state index in [0.717, 1.165) is 38.5 Å². The summed E-state index contributed by atoms with van der Waals surface area (Å²) in [6.45, 7) is 3.87. The number of unbranched alkanes of at least 4 members (excludes halogenated alkanes) is 36. The fraction of sp³-hybridized carbons (Fsp3) is 0.945. The molecule has 0 aromatic heterocycles. The fourth-order valence-corrected chi connectivity index (χ4v) is 9.16. The topological polar surface area (TPSA) is 149 Å². The van der Waals surface area contributed by atoms with Crippen LogP contribution in [0.25, 0.3) is 0 Å². The first-order chi connectivity index (χ1) is 31.3. The predicted molar refractivity (Wildman–Crippen MR) is 267 cm³/mol. The van der Waals surface area contributed by atoms with Gasteiger partial charge in [0.05, 0.1) is 25.4 Å². The van der Waals surface area contributed by atoms with Gasteiger partial charge in [0, 0.05) is 6.42 Å². The molecule has 0 radical (unpaired) electrons. The Morgan fingerprint density at radius 3 is 1.27 bits per heavy atom. The van der Waals surface area contributed by atoms with E-state index >= 15 is 0 Å². The van der Waals surface area contributed by atoms with Crippen LogP contribution in [0.15, 0.2) is 12.2 Å². The van der Waals surface area contributed by atoms with Gasteiger partial charge in [-0.2, -0.15) is 0 Å². The van der Waals surface area contributed by atoms with Crippen molar-refractivity contribution in [1.82, 2.24) is 5.32 Å². The first-order valence-corrected chi connectivity index (χ1v) is 27.9. The largest absolute Gasteiger partial charge is 0.394 e. The van der Waals surface area contributed by atoms with E-state index in [1.54, 1.807) is 0 Å². The van der Waals surface area contributed by atoms with E-state index in [2.05, 4.69) is 31.3 Å². The Bertz CT molecular complexity index is 1010. The number of rotatable bonds is 48. The molecule has 64 heavy (non-hydrogen) atoms. The quantitative estimate of drug-likeness (QED) is 0.0261. The van der Waals surface area contributed by atoms with E-state index in [-0.39, 0.29) is 12.5 Å². The van der Waals surface area contributed by atoms with Crippen molar-refractivity contribution in [3.05, 3.63) is 12.2 Å². The minimum absolute atomic E-state index is 0.134. The van der Waals surface area contributed by atoms with Gasteiger partial charge < -0.3 is 40.3 Å². The molecule has 9 nitrogen and oxygen atoms in total. The molecule has 6 N–H and O–H groups in total. The van der Waals surface area contributed by atoms with Crippen LogP contribution in [-0.2, 0) is 14.3 Å². The monoisotopic (exact) mass is 910 g/mol. The lowest BCUT2D eigenvalue weighted by Gasteiger charge is -2.40. The predicted octanol–water partition coefficient (Wildman–Crippen LogP) is 13.2. The molecule has 0 spiro atoms. The number of aliphatic hydroxyl groups excluding tert-OH is 5. The van der Waals surface area contributed by atoms with Gasteiger partial charge in [-0.1, -0.05) is 244 Å². The lowest BCUT2D eigenvalue weighted by atomic mass is 9.99. The van der Waals surface area contributed by atoms with E-state index in [1.807, 2.05) is 0 Å². The van der Waals surface area contributed by atoms with E-state index in [4.69, 9.17) is 9.47 Å². The molecule has 0 aromatic carbocycles. The second-order valence-electron chi connectivity index (χ2n) is 19.7. The molecule has 0 aliphatic carbocycles. The molecular weight excluding hydrogens is 803 g/mol. The van der Waals surface area contributed by atoms with E-state index < -0.39 is 49.5 Å². The number of allylic oxidation sites excluding steroid dienone is 2. The Kier molecular flexibility index (Phi) is 43.5. The Hall–Kier alpha value is -1.07. The van der Waals surface area contributed by atoms with Gasteiger partial charge in [0.1, 0.15) is 24.4 Å². The number of ether oxygens (including phenoxy) is 2. The van der Waals surface area contributed by atoms with Crippen LogP contribution in [0.2, 0.25) is 0 Å². The number of hydrogen-bond donors (Lipinski definition) is 6. The van der Waals surface area contributed by atoms with Crippen molar-refractivity contribution in [3.8, 4) is 0 Å². The van der Waals surface area contributed by atoms with Crippen LogP contribution in [0, 0.1) is 0 Å². The van der Waals surface area contributed by atoms with Gasteiger partial charge in [-0.25, -0.2) is 0 Å². The molecule has 1 amide bonds. The minimum atomic E-state index is -1.55. The van der Waals surface area contributed by atoms with Crippen LogP contribution in [-0.4, -0.2) is 87.5 Å². The third-order valence-corrected chi connectivity index (χ3v) is 13.6. The van der Waals surface area contributed by atoms with Crippen molar-refractivity contribution in [3.63, 3.8) is 0 Å². The SMILES string of the molecule is CCCCCCCCCC/C=C\CCCCCCCCCCCCCC(=O)NC(COC1OC(CO)C(O)C(O)C1O)C(O)CCCCCCCCCCCCCCCCCCCC. The van der Waals surface area contributed by atoms with Crippen LogP contribution in [0.3, 0.4) is 0 Å². The maximum absolute atomic E-state index is 13.1. The van der Waals surface area contributed by atoms with Gasteiger partial charge in [0.2, 0.25) is 5.91 Å². The van der Waals surface area contributed by atoms with Crippen LogP contribution < -0.4 is 5.32 Å². The summed E-state index contributed by atoms with van der Waals surface area (Å²) in [4.78, 5) is 13.1. The molecule has 7 unspecified atom stereocenters. The zero-order valence-electron chi connectivity index (χ0n) is 42.1. The molecule has 9 heteroatoms.